The van der Waals surface area contributed by atoms with Gasteiger partial charge >= 0.3 is 5.97 Å². The first-order valence-corrected chi connectivity index (χ1v) is 5.81. The van der Waals surface area contributed by atoms with Crippen molar-refractivity contribution in [2.24, 2.45) is 7.05 Å². The van der Waals surface area contributed by atoms with Gasteiger partial charge in [0.1, 0.15) is 16.8 Å². The molecule has 0 radical (unpaired) electrons. The first-order chi connectivity index (χ1) is 9.22. The maximum atomic E-state index is 12.0. The molecule has 0 saturated heterocycles. The van der Waals surface area contributed by atoms with Crippen molar-refractivity contribution in [2.75, 3.05) is 0 Å². The summed E-state index contributed by atoms with van der Waals surface area (Å²) in [5.74, 6) is 0.116. The van der Waals surface area contributed by atoms with Crippen LogP contribution in [0.4, 0.5) is 0 Å². The van der Waals surface area contributed by atoms with Crippen LogP contribution >= 0.6 is 0 Å². The molecule has 0 aliphatic heterocycles. The molecule has 94 valence electrons. The van der Waals surface area contributed by atoms with Gasteiger partial charge in [0.15, 0.2) is 0 Å². The number of nitrogens with zero attached hydrogens (tertiary/aromatic N) is 3. The first kappa shape index (κ1) is 11.4. The van der Waals surface area contributed by atoms with Crippen LogP contribution < -0.4 is 4.74 Å². The Balaban J connectivity index is 1.89. The van der Waals surface area contributed by atoms with E-state index in [4.69, 9.17) is 4.74 Å². The molecular weight excluding hydrogens is 242 g/mol. The van der Waals surface area contributed by atoms with Crippen LogP contribution in [0.15, 0.2) is 48.5 Å². The Morgan fingerprint density at radius 2 is 1.79 bits per heavy atom. The van der Waals surface area contributed by atoms with Crippen LogP contribution in [-0.2, 0) is 7.05 Å². The Kier molecular flexibility index (Phi) is 2.72. The molecule has 3 aromatic rings. The zero-order valence-corrected chi connectivity index (χ0v) is 10.3. The zero-order chi connectivity index (χ0) is 13.2. The summed E-state index contributed by atoms with van der Waals surface area (Å²) in [4.78, 5) is 13.5. The predicted molar refractivity (Wildman–Crippen MR) is 69.9 cm³/mol. The molecule has 0 unspecified atom stereocenters. The summed E-state index contributed by atoms with van der Waals surface area (Å²) in [6, 6.07) is 14.1. The topological polar surface area (TPSA) is 57.0 Å². The van der Waals surface area contributed by atoms with E-state index in [-0.39, 0.29) is 0 Å². The smallest absolute Gasteiger partial charge is 0.343 e. The fourth-order valence-electron chi connectivity index (χ4n) is 1.80. The Morgan fingerprint density at radius 1 is 1.05 bits per heavy atom. The molecule has 0 spiro atoms. The lowest BCUT2D eigenvalue weighted by Crippen LogP contribution is -2.08. The lowest BCUT2D eigenvalue weighted by atomic mass is 10.2. The minimum Gasteiger partial charge on any atom is -0.423 e. The normalized spacial score (nSPS) is 10.6. The van der Waals surface area contributed by atoms with Crippen molar-refractivity contribution in [1.82, 2.24) is 15.0 Å². The van der Waals surface area contributed by atoms with E-state index < -0.39 is 5.97 Å². The van der Waals surface area contributed by atoms with Gasteiger partial charge in [-0.3, -0.25) is 0 Å². The molecule has 5 heteroatoms. The van der Waals surface area contributed by atoms with Gasteiger partial charge in [0, 0.05) is 7.05 Å². The quantitative estimate of drug-likeness (QED) is 0.519. The Morgan fingerprint density at radius 3 is 2.58 bits per heavy atom. The number of carbonyl (C=O) groups excluding carboxylic acids is 1. The maximum absolute atomic E-state index is 12.0. The third kappa shape index (κ3) is 2.30. The Labute approximate surface area is 109 Å². The number of para-hydroxylation sites is 1. The lowest BCUT2D eigenvalue weighted by Gasteiger charge is -2.03. The highest BCUT2D eigenvalue weighted by Crippen LogP contribution is 2.15. The predicted octanol–water partition coefficient (Wildman–Crippen LogP) is 2.19. The SMILES string of the molecule is Cn1nc2ccc(C(=O)Oc3ccccc3)cc2n1. The Hall–Kier alpha value is -2.69. The van der Waals surface area contributed by atoms with Crippen LogP contribution in [0.3, 0.4) is 0 Å². The van der Waals surface area contributed by atoms with Crippen LogP contribution in [0.25, 0.3) is 11.0 Å². The molecule has 0 atom stereocenters. The molecule has 5 nitrogen and oxygen atoms in total. The molecule has 0 bridgehead atoms. The van der Waals surface area contributed by atoms with Gasteiger partial charge in [-0.2, -0.15) is 15.0 Å². The number of ether oxygens (including phenoxy) is 1. The van der Waals surface area contributed by atoms with E-state index in [0.29, 0.717) is 16.8 Å². The van der Waals surface area contributed by atoms with Crippen molar-refractivity contribution < 1.29 is 9.53 Å². The van der Waals surface area contributed by atoms with Gasteiger partial charge < -0.3 is 4.74 Å². The van der Waals surface area contributed by atoms with Crippen LogP contribution in [0, 0.1) is 0 Å². The number of aryl methyl sites for hydroxylation is 1. The van der Waals surface area contributed by atoms with Crippen molar-refractivity contribution in [1.29, 1.82) is 0 Å². The highest BCUT2D eigenvalue weighted by molar-refractivity contribution is 5.94. The number of hydrogen-bond acceptors (Lipinski definition) is 4. The van der Waals surface area contributed by atoms with Gasteiger partial charge in [0.05, 0.1) is 5.56 Å². The molecule has 1 aromatic heterocycles. The first-order valence-electron chi connectivity index (χ1n) is 5.81. The van der Waals surface area contributed by atoms with Crippen LogP contribution in [0.5, 0.6) is 5.75 Å². The summed E-state index contributed by atoms with van der Waals surface area (Å²) >= 11 is 0. The highest BCUT2D eigenvalue weighted by Gasteiger charge is 2.10. The molecule has 0 aliphatic rings. The second-order valence-electron chi connectivity index (χ2n) is 4.10. The fraction of sp³-hybridized carbons (Fsp3) is 0.0714. The summed E-state index contributed by atoms with van der Waals surface area (Å²) in [6.45, 7) is 0. The molecule has 19 heavy (non-hydrogen) atoms. The Bertz CT molecular complexity index is 735. The standard InChI is InChI=1S/C14H11N3O2/c1-17-15-12-8-7-10(9-13(12)16-17)14(18)19-11-5-3-2-4-6-11/h2-9H,1H3. The molecule has 0 N–H and O–H groups in total. The maximum Gasteiger partial charge on any atom is 0.343 e. The van der Waals surface area contributed by atoms with Crippen LogP contribution in [-0.4, -0.2) is 21.0 Å². The average molecular weight is 253 g/mol. The number of carbonyl (C=O) groups is 1. The van der Waals surface area contributed by atoms with E-state index in [2.05, 4.69) is 10.2 Å². The van der Waals surface area contributed by atoms with Crippen molar-refractivity contribution in [3.05, 3.63) is 54.1 Å². The second-order valence-corrected chi connectivity index (χ2v) is 4.10. The summed E-state index contributed by atoms with van der Waals surface area (Å²) in [5, 5.41) is 8.31. The second kappa shape index (κ2) is 4.53. The monoisotopic (exact) mass is 253 g/mol. The number of esters is 1. The molecular formula is C14H11N3O2. The fourth-order valence-corrected chi connectivity index (χ4v) is 1.80. The van der Waals surface area contributed by atoms with E-state index in [1.807, 2.05) is 18.2 Å². The average Bonchev–Trinajstić information content (AvgIpc) is 2.78. The third-order valence-electron chi connectivity index (χ3n) is 2.67. The minimum atomic E-state index is -0.404. The molecule has 3 rings (SSSR count). The highest BCUT2D eigenvalue weighted by atomic mass is 16.5. The summed E-state index contributed by atoms with van der Waals surface area (Å²) in [6.07, 6.45) is 0. The van der Waals surface area contributed by atoms with E-state index in [0.717, 1.165) is 5.52 Å². The van der Waals surface area contributed by atoms with E-state index in [1.165, 1.54) is 4.80 Å². The number of rotatable bonds is 2. The van der Waals surface area contributed by atoms with Gasteiger partial charge in [0.25, 0.3) is 0 Å². The third-order valence-corrected chi connectivity index (χ3v) is 2.67. The summed E-state index contributed by atoms with van der Waals surface area (Å²) in [7, 11) is 1.74. The van der Waals surface area contributed by atoms with Crippen LogP contribution in [0.1, 0.15) is 10.4 Å². The van der Waals surface area contributed by atoms with Gasteiger partial charge in [-0.05, 0) is 30.3 Å². The van der Waals surface area contributed by atoms with Crippen molar-refractivity contribution in [3.63, 3.8) is 0 Å². The van der Waals surface area contributed by atoms with E-state index >= 15 is 0 Å². The molecule has 0 amide bonds. The number of hydrogen-bond donors (Lipinski definition) is 0. The van der Waals surface area contributed by atoms with Crippen molar-refractivity contribution in [3.8, 4) is 5.75 Å². The largest absolute Gasteiger partial charge is 0.423 e. The number of fused-ring (bicyclic) bond motifs is 1. The summed E-state index contributed by atoms with van der Waals surface area (Å²) in [5.41, 5.74) is 1.88. The van der Waals surface area contributed by atoms with Gasteiger partial charge in [-0.15, -0.1) is 0 Å². The molecule has 0 fully saturated rings. The van der Waals surface area contributed by atoms with Crippen LogP contribution in [0.2, 0.25) is 0 Å². The van der Waals surface area contributed by atoms with E-state index in [9.17, 15) is 4.79 Å². The van der Waals surface area contributed by atoms with Gasteiger partial charge in [-0.25, -0.2) is 4.79 Å². The van der Waals surface area contributed by atoms with E-state index in [1.54, 1.807) is 37.4 Å². The molecule has 2 aromatic carbocycles. The number of benzene rings is 2. The lowest BCUT2D eigenvalue weighted by molar-refractivity contribution is 0.0735. The summed E-state index contributed by atoms with van der Waals surface area (Å²) < 4.78 is 5.26. The molecule has 0 saturated carbocycles. The van der Waals surface area contributed by atoms with Gasteiger partial charge in [0.2, 0.25) is 0 Å². The van der Waals surface area contributed by atoms with Gasteiger partial charge in [-0.1, -0.05) is 18.2 Å². The van der Waals surface area contributed by atoms with Crippen molar-refractivity contribution >= 4 is 17.0 Å². The molecule has 1 heterocycles. The zero-order valence-electron chi connectivity index (χ0n) is 10.3. The number of aromatic nitrogens is 3. The minimum absolute atomic E-state index is 0.404. The van der Waals surface area contributed by atoms with Crippen molar-refractivity contribution in [2.45, 2.75) is 0 Å². The molecule has 0 aliphatic carbocycles.